The molecule has 3 rings (SSSR count). The number of anilines is 1. The monoisotopic (exact) mass is 417 g/mol. The molecule has 6 nitrogen and oxygen atoms in total. The molecule has 0 saturated carbocycles. The molecule has 0 saturated heterocycles. The number of benzene rings is 3. The zero-order chi connectivity index (χ0) is 22.2. The molecule has 31 heavy (non-hydrogen) atoms. The predicted molar refractivity (Wildman–Crippen MR) is 118 cm³/mol. The number of carbonyl (C=O) groups is 3. The van der Waals surface area contributed by atoms with Gasteiger partial charge in [0.2, 0.25) is 0 Å². The molecule has 0 bridgehead atoms. The third-order valence-electron chi connectivity index (χ3n) is 4.58. The quantitative estimate of drug-likeness (QED) is 0.447. The lowest BCUT2D eigenvalue weighted by atomic mass is 10.0. The molecule has 0 aliphatic heterocycles. The zero-order valence-corrected chi connectivity index (χ0v) is 17.4. The summed E-state index contributed by atoms with van der Waals surface area (Å²) in [6.07, 6.45) is 0.787. The van der Waals surface area contributed by atoms with Crippen molar-refractivity contribution in [1.29, 1.82) is 0 Å². The number of para-hydroxylation sites is 1. The van der Waals surface area contributed by atoms with Crippen molar-refractivity contribution in [2.45, 2.75) is 20.3 Å². The van der Waals surface area contributed by atoms with Crippen LogP contribution in [0.3, 0.4) is 0 Å². The fourth-order valence-electron chi connectivity index (χ4n) is 3.03. The summed E-state index contributed by atoms with van der Waals surface area (Å²) in [5.74, 6) is -0.871. The van der Waals surface area contributed by atoms with Gasteiger partial charge in [0.1, 0.15) is 5.75 Å². The molecule has 0 fully saturated rings. The topological polar surface area (TPSA) is 81.7 Å². The van der Waals surface area contributed by atoms with Crippen LogP contribution in [0.2, 0.25) is 0 Å². The van der Waals surface area contributed by atoms with Crippen molar-refractivity contribution in [2.24, 2.45) is 0 Å². The minimum Gasteiger partial charge on any atom is -0.452 e. The number of aryl methyl sites for hydroxylation is 1. The maximum Gasteiger partial charge on any atom is 0.338 e. The smallest absolute Gasteiger partial charge is 0.338 e. The molecule has 0 unspecified atom stereocenters. The molecule has 3 aromatic carbocycles. The van der Waals surface area contributed by atoms with E-state index in [0.717, 1.165) is 28.8 Å². The average Bonchev–Trinajstić information content (AvgIpc) is 2.78. The summed E-state index contributed by atoms with van der Waals surface area (Å²) in [6.45, 7) is 2.98. The molecule has 158 valence electrons. The Bertz CT molecular complexity index is 1070. The van der Waals surface area contributed by atoms with Crippen LogP contribution < -0.4 is 10.1 Å². The number of hydrogen-bond acceptors (Lipinski definition) is 5. The first kappa shape index (κ1) is 21.8. The van der Waals surface area contributed by atoms with Gasteiger partial charge in [-0.15, -0.1) is 0 Å². The molecule has 0 aliphatic rings. The van der Waals surface area contributed by atoms with E-state index in [0.29, 0.717) is 11.3 Å². The fourth-order valence-corrected chi connectivity index (χ4v) is 3.03. The van der Waals surface area contributed by atoms with Crippen LogP contribution in [0.1, 0.15) is 29.8 Å². The van der Waals surface area contributed by atoms with E-state index >= 15 is 0 Å². The van der Waals surface area contributed by atoms with Gasteiger partial charge in [-0.3, -0.25) is 9.59 Å². The van der Waals surface area contributed by atoms with Gasteiger partial charge in [0.15, 0.2) is 6.61 Å². The standard InChI is InChI=1S/C25H23NO5/c1-3-18-6-4-5-7-23(18)26-24(28)16-30-25(29)21-10-8-19(9-11-21)20-12-14-22(15-13-20)31-17(2)27/h4-15H,3,16H2,1-2H3,(H,26,28). The summed E-state index contributed by atoms with van der Waals surface area (Å²) >= 11 is 0. The lowest BCUT2D eigenvalue weighted by Crippen LogP contribution is -2.21. The number of nitrogens with one attached hydrogen (secondary N) is 1. The third kappa shape index (κ3) is 6.02. The highest BCUT2D eigenvalue weighted by atomic mass is 16.5. The van der Waals surface area contributed by atoms with Crippen molar-refractivity contribution in [3.63, 3.8) is 0 Å². The zero-order valence-electron chi connectivity index (χ0n) is 17.4. The first-order valence-corrected chi connectivity index (χ1v) is 9.90. The van der Waals surface area contributed by atoms with Gasteiger partial charge >= 0.3 is 11.9 Å². The SMILES string of the molecule is CCc1ccccc1NC(=O)COC(=O)c1ccc(-c2ccc(OC(C)=O)cc2)cc1. The van der Waals surface area contributed by atoms with E-state index in [2.05, 4.69) is 5.32 Å². The molecule has 3 aromatic rings. The summed E-state index contributed by atoms with van der Waals surface area (Å²) in [5, 5.41) is 2.77. The van der Waals surface area contributed by atoms with E-state index in [9.17, 15) is 14.4 Å². The first-order chi connectivity index (χ1) is 15.0. The predicted octanol–water partition coefficient (Wildman–Crippen LogP) is 4.64. The molecule has 0 radical (unpaired) electrons. The highest BCUT2D eigenvalue weighted by Crippen LogP contribution is 2.23. The normalized spacial score (nSPS) is 10.3. The van der Waals surface area contributed by atoms with Gasteiger partial charge in [0.25, 0.3) is 5.91 Å². The largest absolute Gasteiger partial charge is 0.452 e. The number of amides is 1. The van der Waals surface area contributed by atoms with Crippen LogP contribution in [-0.4, -0.2) is 24.5 Å². The van der Waals surface area contributed by atoms with Crippen molar-refractivity contribution in [2.75, 3.05) is 11.9 Å². The Labute approximate surface area is 180 Å². The van der Waals surface area contributed by atoms with E-state index in [1.165, 1.54) is 6.92 Å². The maximum atomic E-state index is 12.3. The molecule has 1 amide bonds. The average molecular weight is 417 g/mol. The van der Waals surface area contributed by atoms with E-state index in [-0.39, 0.29) is 12.6 Å². The van der Waals surface area contributed by atoms with E-state index in [1.807, 2.05) is 43.3 Å². The van der Waals surface area contributed by atoms with Crippen LogP contribution in [0.15, 0.2) is 72.8 Å². The molecular weight excluding hydrogens is 394 g/mol. The van der Waals surface area contributed by atoms with Gasteiger partial charge in [-0.1, -0.05) is 49.4 Å². The van der Waals surface area contributed by atoms with Crippen LogP contribution in [0.25, 0.3) is 11.1 Å². The molecule has 0 aliphatic carbocycles. The fraction of sp³-hybridized carbons (Fsp3) is 0.160. The van der Waals surface area contributed by atoms with Crippen molar-refractivity contribution in [3.05, 3.63) is 83.9 Å². The summed E-state index contributed by atoms with van der Waals surface area (Å²) < 4.78 is 10.2. The van der Waals surface area contributed by atoms with Crippen molar-refractivity contribution < 1.29 is 23.9 Å². The van der Waals surface area contributed by atoms with E-state index in [1.54, 1.807) is 36.4 Å². The lowest BCUT2D eigenvalue weighted by molar-refractivity contribution is -0.131. The van der Waals surface area contributed by atoms with Crippen LogP contribution in [0.5, 0.6) is 5.75 Å². The molecule has 0 atom stereocenters. The van der Waals surface area contributed by atoms with Gasteiger partial charge in [-0.2, -0.15) is 0 Å². The number of hydrogen-bond donors (Lipinski definition) is 1. The summed E-state index contributed by atoms with van der Waals surface area (Å²) in [7, 11) is 0. The highest BCUT2D eigenvalue weighted by molar-refractivity contribution is 5.96. The molecule has 0 aromatic heterocycles. The van der Waals surface area contributed by atoms with Crippen LogP contribution in [0.4, 0.5) is 5.69 Å². The number of rotatable bonds is 7. The van der Waals surface area contributed by atoms with Crippen molar-refractivity contribution >= 4 is 23.5 Å². The van der Waals surface area contributed by atoms with Gasteiger partial charge in [-0.05, 0) is 53.4 Å². The molecular formula is C25H23NO5. The minimum absolute atomic E-state index is 0.349. The van der Waals surface area contributed by atoms with E-state index in [4.69, 9.17) is 9.47 Å². The Morgan fingerprint density at radius 1 is 0.839 bits per heavy atom. The lowest BCUT2D eigenvalue weighted by Gasteiger charge is -2.10. The molecule has 0 spiro atoms. The van der Waals surface area contributed by atoms with Gasteiger partial charge < -0.3 is 14.8 Å². The van der Waals surface area contributed by atoms with E-state index < -0.39 is 11.9 Å². The second-order valence-electron chi connectivity index (χ2n) is 6.83. The molecule has 6 heteroatoms. The Morgan fingerprint density at radius 3 is 2.06 bits per heavy atom. The van der Waals surface area contributed by atoms with Gasteiger partial charge in [0, 0.05) is 12.6 Å². The molecule has 1 N–H and O–H groups in total. The van der Waals surface area contributed by atoms with Crippen LogP contribution >= 0.6 is 0 Å². The first-order valence-electron chi connectivity index (χ1n) is 9.90. The van der Waals surface area contributed by atoms with Crippen molar-refractivity contribution in [3.8, 4) is 16.9 Å². The van der Waals surface area contributed by atoms with Gasteiger partial charge in [-0.25, -0.2) is 4.79 Å². The number of ether oxygens (including phenoxy) is 2. The second kappa shape index (κ2) is 10.2. The highest BCUT2D eigenvalue weighted by Gasteiger charge is 2.12. The van der Waals surface area contributed by atoms with Crippen LogP contribution in [0, 0.1) is 0 Å². The number of esters is 2. The Hall–Kier alpha value is -3.93. The van der Waals surface area contributed by atoms with Crippen LogP contribution in [-0.2, 0) is 20.7 Å². The summed E-state index contributed by atoms with van der Waals surface area (Å²) in [5.41, 5.74) is 3.88. The Kier molecular flexibility index (Phi) is 7.17. The molecule has 0 heterocycles. The minimum atomic E-state index is -0.573. The third-order valence-corrected chi connectivity index (χ3v) is 4.58. The van der Waals surface area contributed by atoms with Crippen molar-refractivity contribution in [1.82, 2.24) is 0 Å². The second-order valence-corrected chi connectivity index (χ2v) is 6.83. The Balaban J connectivity index is 1.56. The summed E-state index contributed by atoms with van der Waals surface area (Å²) in [4.78, 5) is 35.4. The summed E-state index contributed by atoms with van der Waals surface area (Å²) in [6, 6.07) is 21.4. The van der Waals surface area contributed by atoms with Gasteiger partial charge in [0.05, 0.1) is 5.56 Å². The number of carbonyl (C=O) groups excluding carboxylic acids is 3. The Morgan fingerprint density at radius 2 is 1.45 bits per heavy atom. The maximum absolute atomic E-state index is 12.3.